The van der Waals surface area contributed by atoms with E-state index in [1.165, 1.54) is 19.2 Å². The molecular weight excluding hydrogens is 391 g/mol. The molecule has 0 fully saturated rings. The van der Waals surface area contributed by atoms with Crippen molar-refractivity contribution in [3.8, 4) is 5.75 Å². The number of halogens is 3. The number of nitro groups is 1. The van der Waals surface area contributed by atoms with E-state index in [9.17, 15) is 23.3 Å². The van der Waals surface area contributed by atoms with Crippen molar-refractivity contribution in [1.82, 2.24) is 9.97 Å². The molecule has 0 unspecified atom stereocenters. The molecule has 29 heavy (non-hydrogen) atoms. The van der Waals surface area contributed by atoms with E-state index in [1.54, 1.807) is 24.3 Å². The maximum Gasteiger partial charge on any atom is 0.418 e. The number of benzene rings is 2. The number of anilines is 4. The molecule has 1 aromatic heterocycles. The van der Waals surface area contributed by atoms with Crippen LogP contribution in [0.1, 0.15) is 5.56 Å². The summed E-state index contributed by atoms with van der Waals surface area (Å²) >= 11 is 0. The molecule has 3 rings (SSSR count). The van der Waals surface area contributed by atoms with Gasteiger partial charge in [0.25, 0.3) is 0 Å². The van der Waals surface area contributed by atoms with Gasteiger partial charge in [0, 0.05) is 5.69 Å². The number of rotatable bonds is 6. The first kappa shape index (κ1) is 19.9. The predicted octanol–water partition coefficient (Wildman–Crippen LogP) is 4.90. The Labute approximate surface area is 162 Å². The fraction of sp³-hybridized carbons (Fsp3) is 0.111. The summed E-state index contributed by atoms with van der Waals surface area (Å²) in [7, 11) is 1.49. The molecule has 0 atom stereocenters. The van der Waals surface area contributed by atoms with Crippen molar-refractivity contribution >= 4 is 28.7 Å². The average molecular weight is 405 g/mol. The molecule has 0 amide bonds. The zero-order valence-corrected chi connectivity index (χ0v) is 14.9. The number of nitrogens with one attached hydrogen (secondary N) is 2. The van der Waals surface area contributed by atoms with Crippen LogP contribution in [0.5, 0.6) is 5.75 Å². The molecule has 3 aromatic rings. The third-order valence-electron chi connectivity index (χ3n) is 3.84. The van der Waals surface area contributed by atoms with Crippen molar-refractivity contribution in [2.24, 2.45) is 0 Å². The predicted molar refractivity (Wildman–Crippen MR) is 99.7 cm³/mol. The van der Waals surface area contributed by atoms with E-state index >= 15 is 0 Å². The molecule has 0 bridgehead atoms. The van der Waals surface area contributed by atoms with Crippen molar-refractivity contribution < 1.29 is 22.8 Å². The molecule has 2 N–H and O–H groups in total. The fourth-order valence-corrected chi connectivity index (χ4v) is 2.51. The molecule has 0 radical (unpaired) electrons. The third kappa shape index (κ3) is 4.51. The number of ether oxygens (including phenoxy) is 1. The van der Waals surface area contributed by atoms with Crippen molar-refractivity contribution in [3.05, 3.63) is 70.5 Å². The van der Waals surface area contributed by atoms with Gasteiger partial charge in [-0.15, -0.1) is 0 Å². The summed E-state index contributed by atoms with van der Waals surface area (Å²) in [5, 5.41) is 16.8. The topological polar surface area (TPSA) is 102 Å². The molecule has 1 heterocycles. The largest absolute Gasteiger partial charge is 0.497 e. The zero-order chi connectivity index (χ0) is 21.0. The Morgan fingerprint density at radius 1 is 1.00 bits per heavy atom. The summed E-state index contributed by atoms with van der Waals surface area (Å²) in [6.07, 6.45) is -3.63. The van der Waals surface area contributed by atoms with Gasteiger partial charge in [0.1, 0.15) is 12.1 Å². The maximum atomic E-state index is 13.2. The highest BCUT2D eigenvalue weighted by molar-refractivity contribution is 5.77. The van der Waals surface area contributed by atoms with Crippen molar-refractivity contribution in [2.75, 3.05) is 17.7 Å². The number of methoxy groups -OCH3 is 1. The second kappa shape index (κ2) is 8.00. The minimum atomic E-state index is -4.64. The van der Waals surface area contributed by atoms with Crippen molar-refractivity contribution in [1.29, 1.82) is 0 Å². The van der Waals surface area contributed by atoms with E-state index in [2.05, 4.69) is 20.6 Å². The van der Waals surface area contributed by atoms with Gasteiger partial charge in [0.15, 0.2) is 0 Å². The average Bonchev–Trinajstić information content (AvgIpc) is 2.68. The molecule has 11 heteroatoms. The summed E-state index contributed by atoms with van der Waals surface area (Å²) < 4.78 is 44.7. The fourth-order valence-electron chi connectivity index (χ4n) is 2.51. The second-order valence-corrected chi connectivity index (χ2v) is 5.70. The van der Waals surface area contributed by atoms with E-state index in [-0.39, 0.29) is 17.3 Å². The molecule has 0 saturated carbocycles. The normalized spacial score (nSPS) is 11.0. The van der Waals surface area contributed by atoms with Gasteiger partial charge in [-0.05, 0) is 36.4 Å². The van der Waals surface area contributed by atoms with Crippen LogP contribution in [0.15, 0.2) is 54.9 Å². The van der Waals surface area contributed by atoms with Crippen LogP contribution >= 0.6 is 0 Å². The van der Waals surface area contributed by atoms with Crippen LogP contribution in [0, 0.1) is 10.1 Å². The lowest BCUT2D eigenvalue weighted by Crippen LogP contribution is -2.10. The lowest BCUT2D eigenvalue weighted by Gasteiger charge is -2.14. The second-order valence-electron chi connectivity index (χ2n) is 5.70. The standard InChI is InChI=1S/C18H14F3N5O3/c1-29-12-8-6-11(7-9-12)24-16-15(26(27)28)17(23-10-22-16)25-14-5-3-2-4-13(14)18(19,20)21/h2-10H,1H3,(H2,22,23,24,25). The minimum absolute atomic E-state index is 0.179. The number of nitrogens with zero attached hydrogens (tertiary/aromatic N) is 3. The Morgan fingerprint density at radius 2 is 1.62 bits per heavy atom. The van der Waals surface area contributed by atoms with E-state index in [4.69, 9.17) is 4.74 Å². The molecule has 0 aliphatic heterocycles. The monoisotopic (exact) mass is 405 g/mol. The summed E-state index contributed by atoms with van der Waals surface area (Å²) in [5.41, 5.74) is -1.47. The van der Waals surface area contributed by atoms with Gasteiger partial charge in [-0.3, -0.25) is 10.1 Å². The molecule has 0 spiro atoms. The van der Waals surface area contributed by atoms with Crippen molar-refractivity contribution in [3.63, 3.8) is 0 Å². The van der Waals surface area contributed by atoms with Crippen LogP contribution in [0.2, 0.25) is 0 Å². The van der Waals surface area contributed by atoms with Crippen LogP contribution in [-0.4, -0.2) is 22.0 Å². The molecule has 2 aromatic carbocycles. The summed E-state index contributed by atoms with van der Waals surface area (Å²) in [5.74, 6) is 0.0266. The highest BCUT2D eigenvalue weighted by atomic mass is 19.4. The van der Waals surface area contributed by atoms with Crippen LogP contribution in [0.4, 0.5) is 41.9 Å². The quantitative estimate of drug-likeness (QED) is 0.444. The number of para-hydroxylation sites is 1. The summed E-state index contributed by atoms with van der Waals surface area (Å²) in [6, 6.07) is 11.1. The first-order valence-corrected chi connectivity index (χ1v) is 8.13. The van der Waals surface area contributed by atoms with Gasteiger partial charge < -0.3 is 15.4 Å². The Balaban J connectivity index is 1.99. The van der Waals surface area contributed by atoms with Crippen LogP contribution in [0.25, 0.3) is 0 Å². The Kier molecular flexibility index (Phi) is 5.48. The number of hydrogen-bond acceptors (Lipinski definition) is 7. The Morgan fingerprint density at radius 3 is 2.21 bits per heavy atom. The van der Waals surface area contributed by atoms with Gasteiger partial charge >= 0.3 is 11.9 Å². The van der Waals surface area contributed by atoms with Crippen LogP contribution in [-0.2, 0) is 6.18 Å². The lowest BCUT2D eigenvalue weighted by atomic mass is 10.1. The van der Waals surface area contributed by atoms with Crippen LogP contribution in [0.3, 0.4) is 0 Å². The third-order valence-corrected chi connectivity index (χ3v) is 3.84. The molecule has 150 valence electrons. The highest BCUT2D eigenvalue weighted by Crippen LogP contribution is 2.38. The van der Waals surface area contributed by atoms with E-state index in [0.29, 0.717) is 11.4 Å². The molecule has 0 aliphatic carbocycles. The Bertz CT molecular complexity index is 1030. The number of alkyl halides is 3. The zero-order valence-electron chi connectivity index (χ0n) is 14.9. The van der Waals surface area contributed by atoms with E-state index < -0.39 is 22.4 Å². The van der Waals surface area contributed by atoms with Gasteiger partial charge in [0.05, 0.1) is 23.3 Å². The molecule has 8 nitrogen and oxygen atoms in total. The number of hydrogen-bond donors (Lipinski definition) is 2. The van der Waals surface area contributed by atoms with Gasteiger partial charge in [-0.1, -0.05) is 12.1 Å². The molecule has 0 saturated heterocycles. The van der Waals surface area contributed by atoms with Crippen LogP contribution < -0.4 is 15.4 Å². The molecular formula is C18H14F3N5O3. The van der Waals surface area contributed by atoms with Gasteiger partial charge in [0.2, 0.25) is 11.6 Å². The highest BCUT2D eigenvalue weighted by Gasteiger charge is 2.34. The van der Waals surface area contributed by atoms with Gasteiger partial charge in [-0.2, -0.15) is 13.2 Å². The van der Waals surface area contributed by atoms with E-state index in [0.717, 1.165) is 18.5 Å². The molecule has 0 aliphatic rings. The van der Waals surface area contributed by atoms with E-state index in [1.807, 2.05) is 0 Å². The minimum Gasteiger partial charge on any atom is -0.497 e. The number of aromatic nitrogens is 2. The summed E-state index contributed by atoms with van der Waals surface area (Å²) in [6.45, 7) is 0. The van der Waals surface area contributed by atoms with Crippen molar-refractivity contribution in [2.45, 2.75) is 6.18 Å². The Hall–Kier alpha value is -3.89. The smallest absolute Gasteiger partial charge is 0.418 e. The summed E-state index contributed by atoms with van der Waals surface area (Å²) in [4.78, 5) is 18.4. The lowest BCUT2D eigenvalue weighted by molar-refractivity contribution is -0.383. The van der Waals surface area contributed by atoms with Gasteiger partial charge in [-0.25, -0.2) is 9.97 Å². The first-order chi connectivity index (χ1) is 13.8. The maximum absolute atomic E-state index is 13.2. The SMILES string of the molecule is COc1ccc(Nc2ncnc(Nc3ccccc3C(F)(F)F)c2[N+](=O)[O-])cc1. The first-order valence-electron chi connectivity index (χ1n) is 8.13.